The van der Waals surface area contributed by atoms with Crippen LogP contribution in [0.3, 0.4) is 0 Å². The Hall–Kier alpha value is -2.15. The average molecular weight is 322 g/mol. The lowest BCUT2D eigenvalue weighted by molar-refractivity contribution is -0.117. The molecule has 0 aromatic heterocycles. The fourth-order valence-electron chi connectivity index (χ4n) is 2.51. The number of hydrogen-bond donors (Lipinski definition) is 2. The van der Waals surface area contributed by atoms with Crippen molar-refractivity contribution in [2.45, 2.75) is 18.9 Å². The van der Waals surface area contributed by atoms with Gasteiger partial charge in [-0.2, -0.15) is 0 Å². The zero-order valence-corrected chi connectivity index (χ0v) is 13.5. The number of carbonyl (C=O) groups is 2. The third-order valence-corrected chi connectivity index (χ3v) is 3.67. The van der Waals surface area contributed by atoms with Gasteiger partial charge < -0.3 is 20.4 Å². The van der Waals surface area contributed by atoms with Crippen LogP contribution < -0.4 is 15.5 Å². The molecule has 1 saturated heterocycles. The molecule has 23 heavy (non-hydrogen) atoms. The Balaban J connectivity index is 1.78. The predicted molar refractivity (Wildman–Crippen MR) is 86.9 cm³/mol. The molecule has 1 aromatic carbocycles. The number of halogens is 1. The largest absolute Gasteiger partial charge is 0.338 e. The van der Waals surface area contributed by atoms with Crippen LogP contribution in [0.4, 0.5) is 14.9 Å². The molecule has 2 rings (SSSR count). The highest BCUT2D eigenvalue weighted by Crippen LogP contribution is 2.21. The van der Waals surface area contributed by atoms with Crippen molar-refractivity contribution in [3.05, 3.63) is 30.1 Å². The Morgan fingerprint density at radius 3 is 2.70 bits per heavy atom. The lowest BCUT2D eigenvalue weighted by atomic mass is 10.2. The fourth-order valence-corrected chi connectivity index (χ4v) is 2.51. The topological polar surface area (TPSA) is 64.7 Å². The number of anilines is 1. The highest BCUT2D eigenvalue weighted by atomic mass is 19.1. The van der Waals surface area contributed by atoms with E-state index >= 15 is 0 Å². The number of nitrogens with one attached hydrogen (secondary N) is 2. The van der Waals surface area contributed by atoms with E-state index < -0.39 is 0 Å². The van der Waals surface area contributed by atoms with Gasteiger partial charge in [-0.05, 0) is 51.3 Å². The minimum atomic E-state index is -0.341. The molecular formula is C16H23FN4O2. The molecule has 1 atom stereocenters. The molecule has 7 heteroatoms. The van der Waals surface area contributed by atoms with E-state index in [0.29, 0.717) is 18.8 Å². The van der Waals surface area contributed by atoms with Crippen molar-refractivity contribution in [3.8, 4) is 0 Å². The summed E-state index contributed by atoms with van der Waals surface area (Å²) in [5.41, 5.74) is 0.645. The van der Waals surface area contributed by atoms with Crippen molar-refractivity contribution >= 4 is 17.6 Å². The van der Waals surface area contributed by atoms with Crippen LogP contribution in [-0.2, 0) is 4.79 Å². The number of carbonyl (C=O) groups excluding carboxylic acids is 2. The van der Waals surface area contributed by atoms with Crippen LogP contribution in [-0.4, -0.2) is 56.6 Å². The minimum absolute atomic E-state index is 0.0745. The second-order valence-corrected chi connectivity index (χ2v) is 5.94. The van der Waals surface area contributed by atoms with E-state index in [-0.39, 0.29) is 30.2 Å². The molecule has 1 fully saturated rings. The first-order valence-electron chi connectivity index (χ1n) is 7.70. The SMILES string of the molecule is CN(C)CCCNC(=O)N[C@@H]1CC(=O)N(c2ccc(F)cc2)C1. The molecule has 1 aliphatic rings. The monoisotopic (exact) mass is 322 g/mol. The van der Waals surface area contributed by atoms with E-state index in [4.69, 9.17) is 0 Å². The molecule has 6 nitrogen and oxygen atoms in total. The molecular weight excluding hydrogens is 299 g/mol. The predicted octanol–water partition coefficient (Wildman–Crippen LogP) is 1.18. The van der Waals surface area contributed by atoms with Gasteiger partial charge in [0.2, 0.25) is 5.91 Å². The molecule has 0 bridgehead atoms. The van der Waals surface area contributed by atoms with Crippen LogP contribution >= 0.6 is 0 Å². The number of urea groups is 1. The van der Waals surface area contributed by atoms with Gasteiger partial charge in [0.15, 0.2) is 0 Å². The fraction of sp³-hybridized carbons (Fsp3) is 0.500. The van der Waals surface area contributed by atoms with Gasteiger partial charge in [-0.15, -0.1) is 0 Å². The van der Waals surface area contributed by atoms with Gasteiger partial charge in [-0.3, -0.25) is 4.79 Å². The second kappa shape index (κ2) is 7.92. The summed E-state index contributed by atoms with van der Waals surface area (Å²) < 4.78 is 12.9. The van der Waals surface area contributed by atoms with E-state index in [1.54, 1.807) is 17.0 Å². The van der Waals surface area contributed by atoms with Crippen molar-refractivity contribution in [1.82, 2.24) is 15.5 Å². The summed E-state index contributed by atoms with van der Waals surface area (Å²) in [6, 6.07) is 5.28. The van der Waals surface area contributed by atoms with Crippen LogP contribution in [0.5, 0.6) is 0 Å². The molecule has 1 heterocycles. The number of hydrogen-bond acceptors (Lipinski definition) is 3. The standard InChI is InChI=1S/C16H23FN4O2/c1-20(2)9-3-8-18-16(23)19-13-10-15(22)21(11-13)14-6-4-12(17)5-7-14/h4-7,13H,3,8-11H2,1-2H3,(H2,18,19,23)/t13-/m1/s1. The van der Waals surface area contributed by atoms with Crippen LogP contribution in [0.25, 0.3) is 0 Å². The smallest absolute Gasteiger partial charge is 0.315 e. The molecule has 0 aliphatic carbocycles. The normalized spacial score (nSPS) is 17.7. The van der Waals surface area contributed by atoms with E-state index in [2.05, 4.69) is 15.5 Å². The maximum Gasteiger partial charge on any atom is 0.315 e. The van der Waals surface area contributed by atoms with Gasteiger partial charge >= 0.3 is 6.03 Å². The molecule has 1 aliphatic heterocycles. The van der Waals surface area contributed by atoms with E-state index in [1.165, 1.54) is 12.1 Å². The zero-order valence-electron chi connectivity index (χ0n) is 13.5. The lowest BCUT2D eigenvalue weighted by Gasteiger charge is -2.17. The average Bonchev–Trinajstić information content (AvgIpc) is 2.85. The van der Waals surface area contributed by atoms with Crippen molar-refractivity contribution < 1.29 is 14.0 Å². The first kappa shape index (κ1) is 17.2. The van der Waals surface area contributed by atoms with Crippen molar-refractivity contribution in [3.63, 3.8) is 0 Å². The quantitative estimate of drug-likeness (QED) is 0.773. The summed E-state index contributed by atoms with van der Waals surface area (Å²) in [5, 5.41) is 5.59. The highest BCUT2D eigenvalue weighted by molar-refractivity contribution is 5.96. The summed E-state index contributed by atoms with van der Waals surface area (Å²) in [6.45, 7) is 1.89. The molecule has 3 amide bonds. The third-order valence-electron chi connectivity index (χ3n) is 3.67. The molecule has 0 radical (unpaired) electrons. The maximum atomic E-state index is 12.9. The van der Waals surface area contributed by atoms with Gasteiger partial charge in [0.1, 0.15) is 5.82 Å². The van der Waals surface area contributed by atoms with Crippen LogP contribution in [0.2, 0.25) is 0 Å². The van der Waals surface area contributed by atoms with Gasteiger partial charge in [0.05, 0.1) is 6.04 Å². The molecule has 0 saturated carbocycles. The minimum Gasteiger partial charge on any atom is -0.338 e. The van der Waals surface area contributed by atoms with Gasteiger partial charge in [0.25, 0.3) is 0 Å². The molecule has 0 spiro atoms. The Bertz CT molecular complexity index is 548. The highest BCUT2D eigenvalue weighted by Gasteiger charge is 2.31. The first-order valence-corrected chi connectivity index (χ1v) is 7.70. The van der Waals surface area contributed by atoms with Gasteiger partial charge in [-0.25, -0.2) is 9.18 Å². The summed E-state index contributed by atoms with van der Waals surface area (Å²) in [4.78, 5) is 27.5. The first-order chi connectivity index (χ1) is 11.0. The van der Waals surface area contributed by atoms with E-state index in [0.717, 1.165) is 13.0 Å². The molecule has 1 aromatic rings. The Morgan fingerprint density at radius 1 is 1.35 bits per heavy atom. The molecule has 126 valence electrons. The zero-order chi connectivity index (χ0) is 16.8. The van der Waals surface area contributed by atoms with Gasteiger partial charge in [0, 0.05) is 25.2 Å². The van der Waals surface area contributed by atoms with Crippen molar-refractivity contribution in [2.24, 2.45) is 0 Å². The Morgan fingerprint density at radius 2 is 2.04 bits per heavy atom. The number of amides is 3. The van der Waals surface area contributed by atoms with E-state index in [1.807, 2.05) is 14.1 Å². The second-order valence-electron chi connectivity index (χ2n) is 5.94. The number of rotatable bonds is 6. The summed E-state index contributed by atoms with van der Waals surface area (Å²) in [7, 11) is 3.96. The maximum absolute atomic E-state index is 12.9. The van der Waals surface area contributed by atoms with Crippen LogP contribution in [0.1, 0.15) is 12.8 Å². The van der Waals surface area contributed by atoms with Gasteiger partial charge in [-0.1, -0.05) is 0 Å². The van der Waals surface area contributed by atoms with Crippen LogP contribution in [0.15, 0.2) is 24.3 Å². The van der Waals surface area contributed by atoms with Crippen LogP contribution in [0, 0.1) is 5.82 Å². The lowest BCUT2D eigenvalue weighted by Crippen LogP contribution is -2.43. The number of nitrogens with zero attached hydrogens (tertiary/aromatic N) is 2. The summed E-state index contributed by atoms with van der Waals surface area (Å²) in [6.07, 6.45) is 1.12. The van der Waals surface area contributed by atoms with Crippen molar-refractivity contribution in [2.75, 3.05) is 38.6 Å². The molecule has 2 N–H and O–H groups in total. The molecule has 0 unspecified atom stereocenters. The third kappa shape index (κ3) is 5.21. The summed E-state index contributed by atoms with van der Waals surface area (Å²) >= 11 is 0. The Kier molecular flexibility index (Phi) is 5.92. The van der Waals surface area contributed by atoms with E-state index in [9.17, 15) is 14.0 Å². The summed E-state index contributed by atoms with van der Waals surface area (Å²) in [5.74, 6) is -0.415. The Labute approximate surface area is 135 Å². The number of benzene rings is 1. The van der Waals surface area contributed by atoms with Crippen molar-refractivity contribution in [1.29, 1.82) is 0 Å².